The molecule has 1 unspecified atom stereocenters. The van der Waals surface area contributed by atoms with E-state index in [9.17, 15) is 50.2 Å². The van der Waals surface area contributed by atoms with Crippen molar-refractivity contribution in [2.75, 3.05) is 11.9 Å². The Bertz CT molecular complexity index is 1230. The number of nitrogens with zero attached hydrogens (tertiary/aromatic N) is 1. The van der Waals surface area contributed by atoms with E-state index in [0.717, 1.165) is 10.6 Å². The molecule has 0 saturated carbocycles. The van der Waals surface area contributed by atoms with Crippen LogP contribution in [0.5, 0.6) is 0 Å². The van der Waals surface area contributed by atoms with Gasteiger partial charge in [-0.3, -0.25) is 14.4 Å². The number of amides is 2. The van der Waals surface area contributed by atoms with Gasteiger partial charge >= 0.3 is 12.4 Å². The van der Waals surface area contributed by atoms with Gasteiger partial charge in [0.25, 0.3) is 17.6 Å². The van der Waals surface area contributed by atoms with Crippen LogP contribution in [0.25, 0.3) is 0 Å². The van der Waals surface area contributed by atoms with Gasteiger partial charge in [0, 0.05) is 18.4 Å². The van der Waals surface area contributed by atoms with E-state index in [1.807, 2.05) is 0 Å². The van der Waals surface area contributed by atoms with Gasteiger partial charge in [-0.05, 0) is 37.6 Å². The fourth-order valence-corrected chi connectivity index (χ4v) is 3.45. The van der Waals surface area contributed by atoms with E-state index in [2.05, 4.69) is 11.9 Å². The van der Waals surface area contributed by atoms with Crippen molar-refractivity contribution >= 4 is 23.3 Å². The number of hydrogen-bond acceptors (Lipinski definition) is 4. The molecular formula is C22H20F7N3O4. The quantitative estimate of drug-likeness (QED) is 0.222. The van der Waals surface area contributed by atoms with Crippen LogP contribution in [0.15, 0.2) is 30.9 Å². The number of benzene rings is 1. The van der Waals surface area contributed by atoms with Gasteiger partial charge in [0.05, 0.1) is 17.7 Å². The molecule has 1 heterocycles. The molecule has 2 aromatic rings. The highest BCUT2D eigenvalue weighted by Crippen LogP contribution is 2.34. The molecule has 36 heavy (non-hydrogen) atoms. The molecule has 0 aliphatic heterocycles. The summed E-state index contributed by atoms with van der Waals surface area (Å²) in [6.07, 6.45) is -10.0. The number of aromatic nitrogens is 1. The Hall–Kier alpha value is -3.68. The fraction of sp³-hybridized carbons (Fsp3) is 0.318. The molecule has 7 nitrogen and oxygen atoms in total. The SMILES string of the molecule is C=CC(CO)(NC(=O)C(=O)c1c(C)c(C(=O)Nc2ccc(F)c(C(F)(F)F)c2)n(C)c1C)C(F)(F)F. The summed E-state index contributed by atoms with van der Waals surface area (Å²) in [4.78, 5) is 38.0. The van der Waals surface area contributed by atoms with Crippen molar-refractivity contribution in [2.24, 2.45) is 7.05 Å². The van der Waals surface area contributed by atoms with Crippen LogP contribution in [0.4, 0.5) is 36.4 Å². The number of aliphatic hydroxyl groups excluding tert-OH is 1. The lowest BCUT2D eigenvalue weighted by Gasteiger charge is -2.31. The molecule has 0 saturated heterocycles. The number of nitrogens with one attached hydrogen (secondary N) is 2. The first kappa shape index (κ1) is 28.6. The smallest absolute Gasteiger partial charge is 0.393 e. The van der Waals surface area contributed by atoms with Crippen LogP contribution in [-0.4, -0.2) is 45.6 Å². The maximum atomic E-state index is 13.5. The second kappa shape index (κ2) is 9.76. The number of rotatable bonds is 7. The van der Waals surface area contributed by atoms with Crippen molar-refractivity contribution in [3.05, 3.63) is 64.7 Å². The van der Waals surface area contributed by atoms with Gasteiger partial charge in [-0.1, -0.05) is 6.08 Å². The van der Waals surface area contributed by atoms with Crippen molar-refractivity contribution in [3.8, 4) is 0 Å². The number of aliphatic hydroxyl groups is 1. The molecule has 14 heteroatoms. The van der Waals surface area contributed by atoms with E-state index < -0.39 is 64.7 Å². The van der Waals surface area contributed by atoms with Gasteiger partial charge in [-0.25, -0.2) is 4.39 Å². The molecule has 2 amide bonds. The summed E-state index contributed by atoms with van der Waals surface area (Å²) >= 11 is 0. The molecule has 0 aliphatic carbocycles. The number of halogens is 7. The number of Topliss-reactive ketones (excluding diaryl/α,β-unsaturated/α-hetero) is 1. The highest BCUT2D eigenvalue weighted by atomic mass is 19.4. The van der Waals surface area contributed by atoms with Crippen molar-refractivity contribution in [1.82, 2.24) is 9.88 Å². The van der Waals surface area contributed by atoms with E-state index >= 15 is 0 Å². The lowest BCUT2D eigenvalue weighted by atomic mass is 9.98. The molecule has 2 rings (SSSR count). The number of ketones is 1. The number of carbonyl (C=O) groups excluding carboxylic acids is 3. The van der Waals surface area contributed by atoms with Gasteiger partial charge in [0.1, 0.15) is 11.5 Å². The summed E-state index contributed by atoms with van der Waals surface area (Å²) in [6.45, 7) is 3.78. The maximum Gasteiger partial charge on any atom is 0.419 e. The predicted octanol–water partition coefficient (Wildman–Crippen LogP) is 3.83. The van der Waals surface area contributed by atoms with Crippen LogP contribution < -0.4 is 10.6 Å². The normalized spacial score (nSPS) is 13.6. The molecule has 1 aromatic heterocycles. The largest absolute Gasteiger partial charge is 0.419 e. The van der Waals surface area contributed by atoms with Crippen LogP contribution in [0.1, 0.15) is 37.7 Å². The predicted molar refractivity (Wildman–Crippen MR) is 113 cm³/mol. The number of carbonyl (C=O) groups is 3. The van der Waals surface area contributed by atoms with Crippen LogP contribution in [-0.2, 0) is 18.0 Å². The van der Waals surface area contributed by atoms with E-state index in [0.29, 0.717) is 12.1 Å². The highest BCUT2D eigenvalue weighted by molar-refractivity contribution is 6.44. The molecule has 1 aromatic carbocycles. The topological polar surface area (TPSA) is 100 Å². The number of hydrogen-bond donors (Lipinski definition) is 3. The molecule has 0 aliphatic rings. The Morgan fingerprint density at radius 1 is 1.11 bits per heavy atom. The summed E-state index contributed by atoms with van der Waals surface area (Å²) < 4.78 is 93.6. The molecular weight excluding hydrogens is 503 g/mol. The van der Waals surface area contributed by atoms with E-state index in [-0.39, 0.29) is 23.0 Å². The Balaban J connectivity index is 2.43. The lowest BCUT2D eigenvalue weighted by Crippen LogP contribution is -2.61. The second-order valence-electron chi connectivity index (χ2n) is 7.75. The number of anilines is 1. The molecule has 3 N–H and O–H groups in total. The summed E-state index contributed by atoms with van der Waals surface area (Å²) in [5.41, 5.74) is -6.29. The van der Waals surface area contributed by atoms with Gasteiger partial charge in [-0.2, -0.15) is 26.3 Å². The molecule has 0 radical (unpaired) electrons. The van der Waals surface area contributed by atoms with Gasteiger partial charge in [-0.15, -0.1) is 6.58 Å². The van der Waals surface area contributed by atoms with Gasteiger partial charge in [0.15, 0.2) is 5.54 Å². The van der Waals surface area contributed by atoms with E-state index in [1.165, 1.54) is 26.2 Å². The zero-order valence-corrected chi connectivity index (χ0v) is 19.0. The Morgan fingerprint density at radius 2 is 1.69 bits per heavy atom. The van der Waals surface area contributed by atoms with Crippen molar-refractivity contribution < 1.29 is 50.2 Å². The van der Waals surface area contributed by atoms with E-state index in [1.54, 1.807) is 0 Å². The second-order valence-corrected chi connectivity index (χ2v) is 7.75. The van der Waals surface area contributed by atoms with Crippen LogP contribution in [0, 0.1) is 19.7 Å². The van der Waals surface area contributed by atoms with Crippen LogP contribution in [0.3, 0.4) is 0 Å². The first-order chi connectivity index (χ1) is 16.4. The third kappa shape index (κ3) is 5.12. The minimum atomic E-state index is -5.20. The summed E-state index contributed by atoms with van der Waals surface area (Å²) in [6, 6.07) is 1.72. The number of alkyl halides is 6. The van der Waals surface area contributed by atoms with E-state index in [4.69, 9.17) is 0 Å². The molecule has 0 spiro atoms. The zero-order chi connectivity index (χ0) is 27.8. The lowest BCUT2D eigenvalue weighted by molar-refractivity contribution is -0.192. The summed E-state index contributed by atoms with van der Waals surface area (Å²) in [5, 5.41) is 12.7. The third-order valence-electron chi connectivity index (χ3n) is 5.55. The standard InChI is InChI=1S/C22H20F7N3O4/c1-5-20(9-33,22(27,28)29)31-19(36)17(34)15-10(2)16(32(4)11(15)3)18(35)30-12-6-7-14(23)13(8-12)21(24,25)26/h5-8,33H,1,9H2,2-4H3,(H,30,35)(H,31,36). The minimum absolute atomic E-state index is 0.0203. The first-order valence-corrected chi connectivity index (χ1v) is 9.93. The summed E-state index contributed by atoms with van der Waals surface area (Å²) in [7, 11) is 1.27. The average molecular weight is 523 g/mol. The Labute approximate surface area is 199 Å². The first-order valence-electron chi connectivity index (χ1n) is 9.93. The molecule has 0 fully saturated rings. The monoisotopic (exact) mass is 523 g/mol. The highest BCUT2D eigenvalue weighted by Gasteiger charge is 2.54. The molecule has 0 bridgehead atoms. The fourth-order valence-electron chi connectivity index (χ4n) is 3.45. The van der Waals surface area contributed by atoms with Crippen molar-refractivity contribution in [3.63, 3.8) is 0 Å². The van der Waals surface area contributed by atoms with Crippen LogP contribution in [0.2, 0.25) is 0 Å². The Kier molecular flexibility index (Phi) is 7.74. The van der Waals surface area contributed by atoms with Gasteiger partial charge < -0.3 is 20.3 Å². The zero-order valence-electron chi connectivity index (χ0n) is 19.0. The summed E-state index contributed by atoms with van der Waals surface area (Å²) in [5.74, 6) is -5.82. The maximum absolute atomic E-state index is 13.5. The van der Waals surface area contributed by atoms with Crippen LogP contribution >= 0.6 is 0 Å². The minimum Gasteiger partial charge on any atom is -0.393 e. The van der Waals surface area contributed by atoms with Crippen molar-refractivity contribution in [1.29, 1.82) is 0 Å². The average Bonchev–Trinajstić information content (AvgIpc) is 2.99. The molecule has 1 atom stereocenters. The Morgan fingerprint density at radius 3 is 2.17 bits per heavy atom. The third-order valence-corrected chi connectivity index (χ3v) is 5.55. The van der Waals surface area contributed by atoms with Gasteiger partial charge in [0.2, 0.25) is 0 Å². The molecule has 196 valence electrons. The van der Waals surface area contributed by atoms with Crippen molar-refractivity contribution in [2.45, 2.75) is 31.7 Å².